The van der Waals surface area contributed by atoms with Crippen molar-refractivity contribution in [1.82, 2.24) is 5.32 Å². The molecule has 3 rings (SSSR count). The number of amides is 1. The molecule has 1 saturated heterocycles. The SMILES string of the molecule is O=C(Cc1csc2ccccc12)NCC1(C(=O)O)CCOCC1. The topological polar surface area (TPSA) is 75.6 Å². The van der Waals surface area contributed by atoms with Gasteiger partial charge in [0.25, 0.3) is 0 Å². The lowest BCUT2D eigenvalue weighted by atomic mass is 9.80. The first-order chi connectivity index (χ1) is 11.1. The second kappa shape index (κ2) is 6.68. The average molecular weight is 333 g/mol. The fourth-order valence-electron chi connectivity index (χ4n) is 2.90. The fraction of sp³-hybridized carbons (Fsp3) is 0.412. The van der Waals surface area contributed by atoms with Gasteiger partial charge >= 0.3 is 5.97 Å². The molecule has 6 heteroatoms. The van der Waals surface area contributed by atoms with Gasteiger partial charge in [0.1, 0.15) is 0 Å². The van der Waals surface area contributed by atoms with E-state index in [-0.39, 0.29) is 18.9 Å². The summed E-state index contributed by atoms with van der Waals surface area (Å²) in [7, 11) is 0. The second-order valence-electron chi connectivity index (χ2n) is 5.91. The van der Waals surface area contributed by atoms with Crippen LogP contribution in [0.1, 0.15) is 18.4 Å². The number of fused-ring (bicyclic) bond motifs is 1. The van der Waals surface area contributed by atoms with Gasteiger partial charge in [0, 0.05) is 24.5 Å². The van der Waals surface area contributed by atoms with Gasteiger partial charge in [-0.3, -0.25) is 9.59 Å². The number of carboxylic acid groups (broad SMARTS) is 1. The highest BCUT2D eigenvalue weighted by molar-refractivity contribution is 7.17. The quantitative estimate of drug-likeness (QED) is 0.881. The molecule has 23 heavy (non-hydrogen) atoms. The molecule has 2 N–H and O–H groups in total. The first-order valence-electron chi connectivity index (χ1n) is 7.64. The predicted octanol–water partition coefficient (Wildman–Crippen LogP) is 2.44. The van der Waals surface area contributed by atoms with Gasteiger partial charge in [0.15, 0.2) is 0 Å². The molecule has 0 spiro atoms. The van der Waals surface area contributed by atoms with Gasteiger partial charge in [-0.15, -0.1) is 11.3 Å². The Bertz CT molecular complexity index is 718. The highest BCUT2D eigenvalue weighted by Gasteiger charge is 2.40. The summed E-state index contributed by atoms with van der Waals surface area (Å²) in [6.45, 7) is 1.02. The molecule has 1 aromatic carbocycles. The van der Waals surface area contributed by atoms with Crippen LogP contribution in [0.3, 0.4) is 0 Å². The summed E-state index contributed by atoms with van der Waals surface area (Å²) in [5, 5.41) is 15.4. The number of carbonyl (C=O) groups excluding carboxylic acids is 1. The summed E-state index contributed by atoms with van der Waals surface area (Å²) in [5.41, 5.74) is 0.0874. The van der Waals surface area contributed by atoms with E-state index in [1.807, 2.05) is 29.6 Å². The van der Waals surface area contributed by atoms with Crippen LogP contribution in [-0.2, 0) is 20.7 Å². The summed E-state index contributed by atoms with van der Waals surface area (Å²) >= 11 is 1.62. The van der Waals surface area contributed by atoms with Gasteiger partial charge in [-0.2, -0.15) is 0 Å². The summed E-state index contributed by atoms with van der Waals surface area (Å²) in [6, 6.07) is 7.97. The van der Waals surface area contributed by atoms with E-state index in [2.05, 4.69) is 5.32 Å². The number of rotatable bonds is 5. The average Bonchev–Trinajstić information content (AvgIpc) is 2.97. The van der Waals surface area contributed by atoms with Crippen molar-refractivity contribution in [2.75, 3.05) is 19.8 Å². The molecule has 1 aromatic heterocycles. The molecule has 0 aliphatic carbocycles. The summed E-state index contributed by atoms with van der Waals surface area (Å²) in [5.74, 6) is -0.997. The van der Waals surface area contributed by atoms with E-state index in [4.69, 9.17) is 4.74 Å². The third kappa shape index (κ3) is 3.38. The van der Waals surface area contributed by atoms with E-state index >= 15 is 0 Å². The van der Waals surface area contributed by atoms with Crippen LogP contribution in [0.4, 0.5) is 0 Å². The van der Waals surface area contributed by atoms with E-state index in [0.29, 0.717) is 26.1 Å². The van der Waals surface area contributed by atoms with Crippen molar-refractivity contribution < 1.29 is 19.4 Å². The number of hydrogen-bond acceptors (Lipinski definition) is 4. The lowest BCUT2D eigenvalue weighted by molar-refractivity contribution is -0.154. The zero-order chi connectivity index (χ0) is 16.3. The number of benzene rings is 1. The van der Waals surface area contributed by atoms with Crippen LogP contribution in [-0.4, -0.2) is 36.7 Å². The van der Waals surface area contributed by atoms with E-state index in [1.165, 1.54) is 0 Å². The molecule has 5 nitrogen and oxygen atoms in total. The van der Waals surface area contributed by atoms with Crippen molar-refractivity contribution in [2.24, 2.45) is 5.41 Å². The Morgan fingerprint density at radius 1 is 1.26 bits per heavy atom. The molecule has 2 heterocycles. The molecule has 0 bridgehead atoms. The molecule has 1 amide bonds. The third-order valence-electron chi connectivity index (χ3n) is 4.44. The summed E-state index contributed by atoms with van der Waals surface area (Å²) in [6.07, 6.45) is 1.14. The van der Waals surface area contributed by atoms with E-state index in [0.717, 1.165) is 15.6 Å². The second-order valence-corrected chi connectivity index (χ2v) is 6.82. The van der Waals surface area contributed by atoms with Crippen molar-refractivity contribution in [1.29, 1.82) is 0 Å². The Morgan fingerprint density at radius 2 is 2.00 bits per heavy atom. The smallest absolute Gasteiger partial charge is 0.311 e. The number of carbonyl (C=O) groups is 2. The Morgan fingerprint density at radius 3 is 2.74 bits per heavy atom. The highest BCUT2D eigenvalue weighted by Crippen LogP contribution is 2.30. The van der Waals surface area contributed by atoms with Crippen LogP contribution in [0.5, 0.6) is 0 Å². The third-order valence-corrected chi connectivity index (χ3v) is 5.45. The number of hydrogen-bond donors (Lipinski definition) is 2. The largest absolute Gasteiger partial charge is 0.481 e. The lowest BCUT2D eigenvalue weighted by Gasteiger charge is -2.33. The minimum atomic E-state index is -0.898. The molecule has 122 valence electrons. The Balaban J connectivity index is 1.64. The number of ether oxygens (including phenoxy) is 1. The van der Waals surface area contributed by atoms with Crippen molar-refractivity contribution in [2.45, 2.75) is 19.3 Å². The van der Waals surface area contributed by atoms with Crippen LogP contribution < -0.4 is 5.32 Å². The van der Waals surface area contributed by atoms with E-state index < -0.39 is 11.4 Å². The Hall–Kier alpha value is -1.92. The van der Waals surface area contributed by atoms with Gasteiger partial charge in [-0.1, -0.05) is 18.2 Å². The zero-order valence-corrected chi connectivity index (χ0v) is 13.5. The number of nitrogens with one attached hydrogen (secondary N) is 1. The minimum Gasteiger partial charge on any atom is -0.481 e. The summed E-state index contributed by atoms with van der Waals surface area (Å²) in [4.78, 5) is 23.8. The fourth-order valence-corrected chi connectivity index (χ4v) is 3.86. The standard InChI is InChI=1S/C17H19NO4S/c19-15(9-12-10-23-14-4-2-1-3-13(12)14)18-11-17(16(20)21)5-7-22-8-6-17/h1-4,10H,5-9,11H2,(H,18,19)(H,20,21). The van der Waals surface area contributed by atoms with Gasteiger partial charge in [-0.25, -0.2) is 0 Å². The van der Waals surface area contributed by atoms with Gasteiger partial charge < -0.3 is 15.2 Å². The Labute approximate surface area is 138 Å². The van der Waals surface area contributed by atoms with Crippen LogP contribution in [0.15, 0.2) is 29.6 Å². The van der Waals surface area contributed by atoms with Crippen molar-refractivity contribution in [3.63, 3.8) is 0 Å². The van der Waals surface area contributed by atoms with Crippen LogP contribution >= 0.6 is 11.3 Å². The maximum atomic E-state index is 12.2. The van der Waals surface area contributed by atoms with E-state index in [1.54, 1.807) is 11.3 Å². The van der Waals surface area contributed by atoms with Crippen molar-refractivity contribution in [3.8, 4) is 0 Å². The van der Waals surface area contributed by atoms with Crippen LogP contribution in [0.2, 0.25) is 0 Å². The molecule has 1 aliphatic rings. The first-order valence-corrected chi connectivity index (χ1v) is 8.52. The molecule has 0 saturated carbocycles. The molecule has 1 fully saturated rings. The van der Waals surface area contributed by atoms with Crippen LogP contribution in [0, 0.1) is 5.41 Å². The molecule has 1 aliphatic heterocycles. The molecular weight excluding hydrogens is 314 g/mol. The van der Waals surface area contributed by atoms with Gasteiger partial charge in [0.05, 0.1) is 11.8 Å². The minimum absolute atomic E-state index is 0.138. The lowest BCUT2D eigenvalue weighted by Crippen LogP contribution is -2.46. The molecule has 0 radical (unpaired) electrons. The van der Waals surface area contributed by atoms with Gasteiger partial charge in [0.2, 0.25) is 5.91 Å². The maximum Gasteiger partial charge on any atom is 0.311 e. The molecular formula is C17H19NO4S. The molecule has 0 unspecified atom stereocenters. The van der Waals surface area contributed by atoms with E-state index in [9.17, 15) is 14.7 Å². The normalized spacial score (nSPS) is 17.0. The van der Waals surface area contributed by atoms with Crippen molar-refractivity contribution >= 4 is 33.3 Å². The maximum absolute atomic E-state index is 12.2. The molecule has 2 aromatic rings. The number of thiophene rings is 1. The summed E-state index contributed by atoms with van der Waals surface area (Å²) < 4.78 is 6.39. The number of aliphatic carboxylic acids is 1. The first kappa shape index (κ1) is 16.0. The highest BCUT2D eigenvalue weighted by atomic mass is 32.1. The zero-order valence-electron chi connectivity index (χ0n) is 12.7. The van der Waals surface area contributed by atoms with Crippen LogP contribution in [0.25, 0.3) is 10.1 Å². The predicted molar refractivity (Wildman–Crippen MR) is 88.7 cm³/mol. The monoisotopic (exact) mass is 333 g/mol. The number of carboxylic acids is 1. The van der Waals surface area contributed by atoms with Crippen molar-refractivity contribution in [3.05, 3.63) is 35.2 Å². The Kier molecular flexibility index (Phi) is 4.63. The molecule has 0 atom stereocenters. The van der Waals surface area contributed by atoms with Gasteiger partial charge in [-0.05, 0) is 35.2 Å².